The molecule has 0 radical (unpaired) electrons. The lowest BCUT2D eigenvalue weighted by Gasteiger charge is -2.29. The van der Waals surface area contributed by atoms with Crippen molar-refractivity contribution in [1.29, 1.82) is 0 Å². The number of hydrogen-bond acceptors (Lipinski definition) is 2. The summed E-state index contributed by atoms with van der Waals surface area (Å²) in [7, 11) is 0. The third-order valence-electron chi connectivity index (χ3n) is 5.85. The van der Waals surface area contributed by atoms with Crippen LogP contribution in [-0.2, 0) is 0 Å². The van der Waals surface area contributed by atoms with Crippen LogP contribution in [-0.4, -0.2) is 5.97 Å². The highest BCUT2D eigenvalue weighted by atomic mass is 19.2. The highest BCUT2D eigenvalue weighted by Gasteiger charge is 2.26. The number of carbonyl (C=O) groups excluding carboxylic acids is 1. The van der Waals surface area contributed by atoms with Gasteiger partial charge in [0.2, 0.25) is 0 Å². The maximum absolute atomic E-state index is 13.4. The molecule has 0 heterocycles. The van der Waals surface area contributed by atoms with Crippen LogP contribution >= 0.6 is 0 Å². The monoisotopic (exact) mass is 404 g/mol. The number of hydrogen-bond donors (Lipinski definition) is 0. The minimum atomic E-state index is -1.58. The second-order valence-electron chi connectivity index (χ2n) is 7.89. The molecule has 0 saturated heterocycles. The highest BCUT2D eigenvalue weighted by Crippen LogP contribution is 2.39. The third kappa shape index (κ3) is 5.40. The number of unbranched alkanes of at least 4 members (excludes halogenated alkanes) is 2. The first-order valence-corrected chi connectivity index (χ1v) is 10.4. The summed E-state index contributed by atoms with van der Waals surface area (Å²) in [5.41, 5.74) is 1.31. The fraction of sp³-hybridized carbons (Fsp3) is 0.458. The standard InChI is InChI=1S/C24H27F3O2/c1-2-3-4-7-16-10-12-17(13-11-16)19-8-5-6-9-20(19)24(28)29-18-14-21(25)23(27)22(26)15-18/h5-6,8-9,14-17H,2-4,7,10-13H2,1H3. The number of esters is 1. The largest absolute Gasteiger partial charge is 0.423 e. The summed E-state index contributed by atoms with van der Waals surface area (Å²) in [5, 5.41) is 0. The van der Waals surface area contributed by atoms with Crippen molar-refractivity contribution < 1.29 is 22.7 Å². The third-order valence-corrected chi connectivity index (χ3v) is 5.85. The van der Waals surface area contributed by atoms with Crippen molar-refractivity contribution in [3.63, 3.8) is 0 Å². The Bertz CT molecular complexity index is 819. The molecule has 1 aliphatic rings. The van der Waals surface area contributed by atoms with Crippen molar-refractivity contribution in [3.8, 4) is 5.75 Å². The quantitative estimate of drug-likeness (QED) is 0.211. The molecular weight excluding hydrogens is 377 g/mol. The molecule has 29 heavy (non-hydrogen) atoms. The van der Waals surface area contributed by atoms with E-state index < -0.39 is 23.4 Å². The fourth-order valence-corrected chi connectivity index (χ4v) is 4.24. The Labute approximate surface area is 170 Å². The van der Waals surface area contributed by atoms with E-state index >= 15 is 0 Å². The average molecular weight is 404 g/mol. The van der Waals surface area contributed by atoms with E-state index in [1.54, 1.807) is 12.1 Å². The summed E-state index contributed by atoms with van der Waals surface area (Å²) < 4.78 is 45.1. The maximum atomic E-state index is 13.4. The molecule has 0 N–H and O–H groups in total. The molecule has 0 aliphatic heterocycles. The van der Waals surface area contributed by atoms with Crippen molar-refractivity contribution >= 4 is 5.97 Å². The Morgan fingerprint density at radius 2 is 1.66 bits per heavy atom. The van der Waals surface area contributed by atoms with E-state index in [2.05, 4.69) is 6.92 Å². The molecule has 3 rings (SSSR count). The Morgan fingerprint density at radius 3 is 2.31 bits per heavy atom. The van der Waals surface area contributed by atoms with E-state index in [0.29, 0.717) is 17.7 Å². The Hall–Kier alpha value is -2.30. The average Bonchev–Trinajstić information content (AvgIpc) is 2.72. The van der Waals surface area contributed by atoms with Gasteiger partial charge in [-0.05, 0) is 49.1 Å². The number of carbonyl (C=O) groups is 1. The van der Waals surface area contributed by atoms with Crippen LogP contribution < -0.4 is 4.74 Å². The van der Waals surface area contributed by atoms with Crippen LogP contribution in [0.3, 0.4) is 0 Å². The van der Waals surface area contributed by atoms with Gasteiger partial charge in [0.1, 0.15) is 5.75 Å². The molecule has 0 bridgehead atoms. The van der Waals surface area contributed by atoms with E-state index in [0.717, 1.165) is 37.2 Å². The van der Waals surface area contributed by atoms with E-state index in [-0.39, 0.29) is 11.7 Å². The van der Waals surface area contributed by atoms with E-state index in [1.807, 2.05) is 12.1 Å². The zero-order valence-corrected chi connectivity index (χ0v) is 16.7. The molecule has 0 spiro atoms. The summed E-state index contributed by atoms with van der Waals surface area (Å²) in [4.78, 5) is 12.7. The first-order valence-electron chi connectivity index (χ1n) is 10.4. The van der Waals surface area contributed by atoms with Crippen LogP contribution in [0.25, 0.3) is 0 Å². The van der Waals surface area contributed by atoms with Crippen molar-refractivity contribution in [1.82, 2.24) is 0 Å². The molecule has 1 fully saturated rings. The van der Waals surface area contributed by atoms with Crippen LogP contribution in [0.5, 0.6) is 5.75 Å². The lowest BCUT2D eigenvalue weighted by molar-refractivity contribution is 0.0731. The van der Waals surface area contributed by atoms with Crippen LogP contribution in [0, 0.1) is 23.4 Å². The Kier molecular flexibility index (Phi) is 7.34. The summed E-state index contributed by atoms with van der Waals surface area (Å²) in [5.74, 6) is -4.37. The summed E-state index contributed by atoms with van der Waals surface area (Å²) in [6, 6.07) is 8.57. The van der Waals surface area contributed by atoms with Gasteiger partial charge >= 0.3 is 5.97 Å². The maximum Gasteiger partial charge on any atom is 0.343 e. The van der Waals surface area contributed by atoms with Crippen molar-refractivity contribution in [2.75, 3.05) is 0 Å². The van der Waals surface area contributed by atoms with E-state index in [9.17, 15) is 18.0 Å². The second-order valence-corrected chi connectivity index (χ2v) is 7.89. The molecule has 1 aliphatic carbocycles. The second kappa shape index (κ2) is 9.95. The van der Waals surface area contributed by atoms with Gasteiger partial charge in [0.15, 0.2) is 17.5 Å². The summed E-state index contributed by atoms with van der Waals surface area (Å²) in [6.07, 6.45) is 9.37. The van der Waals surface area contributed by atoms with Gasteiger partial charge in [0.05, 0.1) is 5.56 Å². The predicted octanol–water partition coefficient (Wildman–Crippen LogP) is 7.18. The summed E-state index contributed by atoms with van der Waals surface area (Å²) >= 11 is 0. The summed E-state index contributed by atoms with van der Waals surface area (Å²) in [6.45, 7) is 2.21. The lowest BCUT2D eigenvalue weighted by Crippen LogP contribution is -2.18. The Morgan fingerprint density at radius 1 is 1.00 bits per heavy atom. The van der Waals surface area contributed by atoms with Gasteiger partial charge < -0.3 is 4.74 Å². The van der Waals surface area contributed by atoms with Gasteiger partial charge in [-0.1, -0.05) is 50.8 Å². The number of halogens is 3. The molecule has 156 valence electrons. The van der Waals surface area contributed by atoms with Crippen molar-refractivity contribution in [2.45, 2.75) is 64.2 Å². The van der Waals surface area contributed by atoms with Crippen LogP contribution in [0.2, 0.25) is 0 Å². The van der Waals surface area contributed by atoms with Gasteiger partial charge in [-0.15, -0.1) is 0 Å². The fourth-order valence-electron chi connectivity index (χ4n) is 4.24. The molecule has 0 unspecified atom stereocenters. The minimum Gasteiger partial charge on any atom is -0.423 e. The first kappa shape index (κ1) is 21.4. The number of benzene rings is 2. The molecule has 0 aromatic heterocycles. The molecule has 2 aromatic carbocycles. The molecule has 0 amide bonds. The highest BCUT2D eigenvalue weighted by molar-refractivity contribution is 5.92. The topological polar surface area (TPSA) is 26.3 Å². The lowest BCUT2D eigenvalue weighted by atomic mass is 9.76. The number of ether oxygens (including phenoxy) is 1. The van der Waals surface area contributed by atoms with Gasteiger partial charge in [-0.25, -0.2) is 18.0 Å². The zero-order valence-electron chi connectivity index (χ0n) is 16.7. The zero-order chi connectivity index (χ0) is 20.8. The van der Waals surface area contributed by atoms with E-state index in [1.165, 1.54) is 25.7 Å². The van der Waals surface area contributed by atoms with Crippen molar-refractivity contribution in [2.24, 2.45) is 5.92 Å². The molecule has 2 aromatic rings. The van der Waals surface area contributed by atoms with Gasteiger partial charge in [0.25, 0.3) is 0 Å². The van der Waals surface area contributed by atoms with Gasteiger partial charge in [0, 0.05) is 12.1 Å². The van der Waals surface area contributed by atoms with Gasteiger partial charge in [-0.2, -0.15) is 0 Å². The molecule has 2 nitrogen and oxygen atoms in total. The molecule has 1 saturated carbocycles. The van der Waals surface area contributed by atoms with Crippen LogP contribution in [0.1, 0.15) is 80.1 Å². The van der Waals surface area contributed by atoms with Gasteiger partial charge in [-0.3, -0.25) is 0 Å². The number of rotatable bonds is 7. The smallest absolute Gasteiger partial charge is 0.343 e. The van der Waals surface area contributed by atoms with Crippen LogP contribution in [0.4, 0.5) is 13.2 Å². The van der Waals surface area contributed by atoms with E-state index in [4.69, 9.17) is 4.74 Å². The van der Waals surface area contributed by atoms with Crippen molar-refractivity contribution in [3.05, 3.63) is 65.0 Å². The molecule has 5 heteroatoms. The molecular formula is C24H27F3O2. The Balaban J connectivity index is 1.68. The first-order chi connectivity index (χ1) is 14.0. The van der Waals surface area contributed by atoms with Crippen LogP contribution in [0.15, 0.2) is 36.4 Å². The minimum absolute atomic E-state index is 0.267. The SMILES string of the molecule is CCCCCC1CCC(c2ccccc2C(=O)Oc2cc(F)c(F)c(F)c2)CC1. The predicted molar refractivity (Wildman–Crippen MR) is 107 cm³/mol. The normalized spacial score (nSPS) is 19.2. The molecule has 0 atom stereocenters.